The van der Waals surface area contributed by atoms with Gasteiger partial charge in [0.1, 0.15) is 0 Å². The Morgan fingerprint density at radius 3 is 2.70 bits per heavy atom. The summed E-state index contributed by atoms with van der Waals surface area (Å²) in [5, 5.41) is 13.8. The molecule has 1 amide bonds. The molecule has 0 aliphatic heterocycles. The van der Waals surface area contributed by atoms with Crippen LogP contribution in [-0.4, -0.2) is 34.1 Å². The van der Waals surface area contributed by atoms with Crippen LogP contribution < -0.4 is 11.1 Å². The highest BCUT2D eigenvalue weighted by atomic mass is 16.3. The van der Waals surface area contributed by atoms with Crippen LogP contribution in [0.3, 0.4) is 0 Å². The number of anilines is 1. The van der Waals surface area contributed by atoms with Crippen LogP contribution in [0.25, 0.3) is 22.0 Å². The van der Waals surface area contributed by atoms with Gasteiger partial charge in [-0.05, 0) is 73.4 Å². The van der Waals surface area contributed by atoms with Gasteiger partial charge < -0.3 is 16.2 Å². The topological polar surface area (TPSA) is 101 Å². The first kappa shape index (κ1) is 19.0. The Kier molecular flexibility index (Phi) is 4.66. The molecule has 4 N–H and O–H groups in total. The molecule has 0 unspecified atom stereocenters. The van der Waals surface area contributed by atoms with Crippen LogP contribution in [0, 0.1) is 0 Å². The molecule has 2 aliphatic carbocycles. The molecule has 6 nitrogen and oxygen atoms in total. The van der Waals surface area contributed by atoms with Crippen LogP contribution in [0.1, 0.15) is 42.6 Å². The van der Waals surface area contributed by atoms with Gasteiger partial charge >= 0.3 is 0 Å². The molecule has 30 heavy (non-hydrogen) atoms. The van der Waals surface area contributed by atoms with Crippen LogP contribution in [0.2, 0.25) is 0 Å². The summed E-state index contributed by atoms with van der Waals surface area (Å²) < 4.78 is 0. The zero-order valence-electron chi connectivity index (χ0n) is 16.9. The molecule has 5 rings (SSSR count). The van der Waals surface area contributed by atoms with Crippen LogP contribution in [0.4, 0.5) is 5.69 Å². The molecule has 1 fully saturated rings. The van der Waals surface area contributed by atoms with Gasteiger partial charge in [0.15, 0.2) is 0 Å². The number of hydrogen-bond donors (Lipinski definition) is 3. The molecule has 1 saturated carbocycles. The largest absolute Gasteiger partial charge is 0.395 e. The first-order valence-corrected chi connectivity index (χ1v) is 10.7. The Hall–Kier alpha value is -2.99. The monoisotopic (exact) mass is 402 g/mol. The predicted molar refractivity (Wildman–Crippen MR) is 117 cm³/mol. The van der Waals surface area contributed by atoms with Crippen LogP contribution in [-0.2, 0) is 23.1 Å². The number of aromatic nitrogens is 2. The van der Waals surface area contributed by atoms with Gasteiger partial charge in [0.05, 0.1) is 23.2 Å². The third-order valence-electron chi connectivity index (χ3n) is 6.48. The van der Waals surface area contributed by atoms with Gasteiger partial charge in [0.25, 0.3) is 0 Å². The van der Waals surface area contributed by atoms with Gasteiger partial charge in [0.2, 0.25) is 5.91 Å². The fraction of sp³-hybridized carbons (Fsp3) is 0.375. The third kappa shape index (κ3) is 3.12. The Labute approximate surface area is 175 Å². The van der Waals surface area contributed by atoms with Crippen LogP contribution in [0.15, 0.2) is 36.5 Å². The number of nitrogens with one attached hydrogen (secondary N) is 1. The van der Waals surface area contributed by atoms with Crippen LogP contribution >= 0.6 is 0 Å². The van der Waals surface area contributed by atoms with E-state index in [0.717, 1.165) is 71.2 Å². The van der Waals surface area contributed by atoms with Gasteiger partial charge in [-0.25, -0.2) is 0 Å². The highest BCUT2D eigenvalue weighted by Gasteiger charge is 2.51. The van der Waals surface area contributed by atoms with Gasteiger partial charge in [-0.1, -0.05) is 12.1 Å². The van der Waals surface area contributed by atoms with E-state index in [1.165, 1.54) is 12.0 Å². The summed E-state index contributed by atoms with van der Waals surface area (Å²) in [6.45, 7) is 0.619. The van der Waals surface area contributed by atoms with E-state index in [2.05, 4.69) is 28.5 Å². The standard InChI is InChI=1S/C24H26N4O2/c25-23(30)24(8-9-24)21-14-16(7-10-26-21)15-5-6-18-20(13-15)28-19-4-2-1-3-17(19)22(18)27-11-12-29/h5-7,10,13-14,29H,1-4,8-9,11-12H2,(H2,25,30)(H,27,28). The second-order valence-electron chi connectivity index (χ2n) is 8.38. The highest BCUT2D eigenvalue weighted by Crippen LogP contribution is 2.47. The Balaban J connectivity index is 1.60. The molecule has 0 spiro atoms. The highest BCUT2D eigenvalue weighted by molar-refractivity contribution is 5.96. The molecule has 2 aromatic heterocycles. The number of fused-ring (bicyclic) bond motifs is 2. The molecular formula is C24H26N4O2. The number of aliphatic hydroxyl groups is 1. The Morgan fingerprint density at radius 2 is 1.93 bits per heavy atom. The molecule has 154 valence electrons. The number of amides is 1. The fourth-order valence-electron chi connectivity index (χ4n) is 4.61. The van der Waals surface area contributed by atoms with E-state index in [-0.39, 0.29) is 12.5 Å². The first-order chi connectivity index (χ1) is 14.6. The van der Waals surface area contributed by atoms with E-state index in [0.29, 0.717) is 6.54 Å². The molecule has 0 radical (unpaired) electrons. The van der Waals surface area contributed by atoms with E-state index in [9.17, 15) is 9.90 Å². The van der Waals surface area contributed by atoms with Crippen molar-refractivity contribution in [3.05, 3.63) is 53.5 Å². The van der Waals surface area contributed by atoms with Gasteiger partial charge in [0, 0.05) is 29.5 Å². The Bertz CT molecular complexity index is 1140. The van der Waals surface area contributed by atoms with E-state index in [4.69, 9.17) is 10.7 Å². The lowest BCUT2D eigenvalue weighted by molar-refractivity contribution is -0.120. The number of rotatable bonds is 6. The fourth-order valence-corrected chi connectivity index (χ4v) is 4.61. The molecule has 6 heteroatoms. The van der Waals surface area contributed by atoms with Gasteiger partial charge in [-0.15, -0.1) is 0 Å². The maximum atomic E-state index is 11.9. The van der Waals surface area contributed by atoms with Crippen molar-refractivity contribution in [1.29, 1.82) is 0 Å². The smallest absolute Gasteiger partial charge is 0.229 e. The quantitative estimate of drug-likeness (QED) is 0.588. The van der Waals surface area contributed by atoms with Crippen molar-refractivity contribution in [2.75, 3.05) is 18.5 Å². The predicted octanol–water partition coefficient (Wildman–Crippen LogP) is 3.10. The van der Waals surface area contributed by atoms with Crippen molar-refractivity contribution in [3.8, 4) is 11.1 Å². The summed E-state index contributed by atoms with van der Waals surface area (Å²) in [6.07, 6.45) is 7.64. The number of aliphatic hydroxyl groups excluding tert-OH is 1. The molecule has 3 aromatic rings. The first-order valence-electron chi connectivity index (χ1n) is 10.7. The maximum Gasteiger partial charge on any atom is 0.229 e. The second-order valence-corrected chi connectivity index (χ2v) is 8.38. The maximum absolute atomic E-state index is 11.9. The minimum Gasteiger partial charge on any atom is -0.395 e. The third-order valence-corrected chi connectivity index (χ3v) is 6.48. The van der Waals surface area contributed by atoms with Gasteiger partial charge in [-0.3, -0.25) is 14.8 Å². The van der Waals surface area contributed by atoms with E-state index < -0.39 is 5.41 Å². The molecule has 1 aromatic carbocycles. The van der Waals surface area contributed by atoms with Crippen molar-refractivity contribution >= 4 is 22.5 Å². The number of nitrogens with two attached hydrogens (primary N) is 1. The number of pyridine rings is 2. The minimum absolute atomic E-state index is 0.0953. The van der Waals surface area contributed by atoms with Crippen molar-refractivity contribution < 1.29 is 9.90 Å². The average molecular weight is 402 g/mol. The normalized spacial score (nSPS) is 16.8. The summed E-state index contributed by atoms with van der Waals surface area (Å²) >= 11 is 0. The molecule has 0 saturated heterocycles. The number of benzene rings is 1. The lowest BCUT2D eigenvalue weighted by Crippen LogP contribution is -2.29. The molecule has 0 atom stereocenters. The number of carbonyl (C=O) groups excluding carboxylic acids is 1. The van der Waals surface area contributed by atoms with Crippen molar-refractivity contribution in [2.24, 2.45) is 5.73 Å². The molecular weight excluding hydrogens is 376 g/mol. The average Bonchev–Trinajstić information content (AvgIpc) is 3.59. The Morgan fingerprint density at radius 1 is 1.13 bits per heavy atom. The summed E-state index contributed by atoms with van der Waals surface area (Å²) in [5.74, 6) is -0.293. The summed E-state index contributed by atoms with van der Waals surface area (Å²) in [7, 11) is 0. The number of nitrogens with zero attached hydrogens (tertiary/aromatic N) is 2. The van der Waals surface area contributed by atoms with Crippen molar-refractivity contribution in [3.63, 3.8) is 0 Å². The zero-order chi connectivity index (χ0) is 20.7. The van der Waals surface area contributed by atoms with E-state index in [1.807, 2.05) is 12.1 Å². The minimum atomic E-state index is -0.592. The molecule has 2 aliphatic rings. The number of carbonyl (C=O) groups is 1. The molecule has 0 bridgehead atoms. The number of primary amides is 1. The van der Waals surface area contributed by atoms with Gasteiger partial charge in [-0.2, -0.15) is 0 Å². The number of aryl methyl sites for hydroxylation is 1. The van der Waals surface area contributed by atoms with E-state index in [1.54, 1.807) is 6.20 Å². The summed E-state index contributed by atoms with van der Waals surface area (Å²) in [4.78, 5) is 21.3. The molecule has 2 heterocycles. The summed E-state index contributed by atoms with van der Waals surface area (Å²) in [6, 6.07) is 10.3. The van der Waals surface area contributed by atoms with Crippen LogP contribution in [0.5, 0.6) is 0 Å². The number of hydrogen-bond acceptors (Lipinski definition) is 5. The zero-order valence-corrected chi connectivity index (χ0v) is 16.9. The second kappa shape index (κ2) is 7.36. The lowest BCUT2D eigenvalue weighted by Gasteiger charge is -2.22. The SMILES string of the molecule is NC(=O)C1(c2cc(-c3ccc4c(NCCO)c5c(nc4c3)CCCC5)ccn2)CC1. The lowest BCUT2D eigenvalue weighted by atomic mass is 9.91. The summed E-state index contributed by atoms with van der Waals surface area (Å²) in [5.41, 5.74) is 12.4. The van der Waals surface area contributed by atoms with E-state index >= 15 is 0 Å². The van der Waals surface area contributed by atoms with Crippen molar-refractivity contribution in [2.45, 2.75) is 43.9 Å². The van der Waals surface area contributed by atoms with Crippen molar-refractivity contribution in [1.82, 2.24) is 9.97 Å².